The van der Waals surface area contributed by atoms with Crippen molar-refractivity contribution >= 4 is 53.1 Å². The van der Waals surface area contributed by atoms with Gasteiger partial charge in [0.15, 0.2) is 0 Å². The molecule has 11 rings (SSSR count). The first-order chi connectivity index (χ1) is 26.5. The van der Waals surface area contributed by atoms with E-state index in [-0.39, 0.29) is 5.41 Å². The Labute approximate surface area is 318 Å². The highest BCUT2D eigenvalue weighted by atomic mass is 32.1. The van der Waals surface area contributed by atoms with Crippen molar-refractivity contribution in [2.24, 2.45) is 0 Å². The molecule has 0 amide bonds. The molecule has 1 aliphatic rings. The lowest BCUT2D eigenvalue weighted by Crippen LogP contribution is -2.14. The van der Waals surface area contributed by atoms with Gasteiger partial charge in [-0.15, -0.1) is 11.3 Å². The van der Waals surface area contributed by atoms with Crippen LogP contribution >= 0.6 is 11.3 Å². The van der Waals surface area contributed by atoms with Gasteiger partial charge in [-0.2, -0.15) is 0 Å². The molecule has 0 N–H and O–H groups in total. The van der Waals surface area contributed by atoms with Gasteiger partial charge in [-0.3, -0.25) is 4.98 Å². The molecule has 1 aliphatic carbocycles. The first kappa shape index (κ1) is 31.2. The monoisotopic (exact) mass is 705 g/mol. The molecule has 0 saturated heterocycles. The topological polar surface area (TPSA) is 12.9 Å². The maximum Gasteiger partial charge on any atom is 0.0701 e. The zero-order chi connectivity index (χ0) is 36.0. The van der Waals surface area contributed by atoms with Gasteiger partial charge in [0.25, 0.3) is 0 Å². The number of nitrogens with zero attached hydrogens (tertiary/aromatic N) is 1. The first-order valence-electron chi connectivity index (χ1n) is 18.7. The Hall–Kier alpha value is -6.35. The summed E-state index contributed by atoms with van der Waals surface area (Å²) in [5.74, 6) is 0. The number of hydrogen-bond acceptors (Lipinski definition) is 2. The summed E-state index contributed by atoms with van der Waals surface area (Å²) in [6, 6.07) is 62.9. The van der Waals surface area contributed by atoms with Crippen molar-refractivity contribution in [1.82, 2.24) is 4.98 Å². The molecule has 0 bridgehead atoms. The van der Waals surface area contributed by atoms with E-state index < -0.39 is 0 Å². The van der Waals surface area contributed by atoms with Crippen molar-refractivity contribution in [3.05, 3.63) is 187 Å². The van der Waals surface area contributed by atoms with Crippen molar-refractivity contribution < 1.29 is 0 Å². The summed E-state index contributed by atoms with van der Waals surface area (Å²) in [4.78, 5) is 4.62. The van der Waals surface area contributed by atoms with E-state index in [4.69, 9.17) is 0 Å². The third-order valence-corrected chi connectivity index (χ3v) is 13.0. The summed E-state index contributed by atoms with van der Waals surface area (Å²) in [6.45, 7) is 4.76. The Balaban J connectivity index is 1.16. The summed E-state index contributed by atoms with van der Waals surface area (Å²) >= 11 is 1.89. The summed E-state index contributed by atoms with van der Waals surface area (Å²) in [6.07, 6.45) is 1.86. The normalized spacial score (nSPS) is 13.1. The van der Waals surface area contributed by atoms with Crippen LogP contribution in [-0.4, -0.2) is 4.98 Å². The van der Waals surface area contributed by atoms with Gasteiger partial charge in [0, 0.05) is 37.3 Å². The second-order valence-electron chi connectivity index (χ2n) is 15.1. The largest absolute Gasteiger partial charge is 0.256 e. The van der Waals surface area contributed by atoms with E-state index in [2.05, 4.69) is 177 Å². The molecule has 0 aliphatic heterocycles. The van der Waals surface area contributed by atoms with E-state index in [0.29, 0.717) is 0 Å². The zero-order valence-corrected chi connectivity index (χ0v) is 30.9. The minimum absolute atomic E-state index is 0.110. The Morgan fingerprint density at radius 3 is 1.70 bits per heavy atom. The zero-order valence-electron chi connectivity index (χ0n) is 30.1. The lowest BCUT2D eigenvalue weighted by Gasteiger charge is -2.24. The van der Waals surface area contributed by atoms with E-state index in [0.717, 1.165) is 11.3 Å². The van der Waals surface area contributed by atoms with E-state index in [1.807, 2.05) is 29.7 Å². The molecule has 0 atom stereocenters. The average Bonchev–Trinajstić information content (AvgIpc) is 3.72. The second kappa shape index (κ2) is 11.8. The lowest BCUT2D eigenvalue weighted by atomic mass is 9.79. The quantitative estimate of drug-likeness (QED) is 0.166. The van der Waals surface area contributed by atoms with Crippen LogP contribution in [0.4, 0.5) is 0 Å². The molecule has 2 aromatic heterocycles. The fourth-order valence-corrected chi connectivity index (χ4v) is 10.4. The number of thiophene rings is 1. The maximum atomic E-state index is 4.62. The molecule has 0 spiro atoms. The number of benzene rings is 8. The summed E-state index contributed by atoms with van der Waals surface area (Å²) in [5.41, 5.74) is 15.0. The number of rotatable bonds is 4. The molecular weight excluding hydrogens is 671 g/mol. The smallest absolute Gasteiger partial charge is 0.0701 e. The summed E-state index contributed by atoms with van der Waals surface area (Å²) in [5, 5.41) is 7.75. The molecular formula is C52H35NS. The average molecular weight is 706 g/mol. The van der Waals surface area contributed by atoms with Gasteiger partial charge in [0.1, 0.15) is 0 Å². The highest BCUT2D eigenvalue weighted by molar-refractivity contribution is 7.26. The molecule has 0 saturated carbocycles. The van der Waals surface area contributed by atoms with Gasteiger partial charge in [0.2, 0.25) is 0 Å². The Morgan fingerprint density at radius 2 is 0.981 bits per heavy atom. The third-order valence-electron chi connectivity index (χ3n) is 11.7. The van der Waals surface area contributed by atoms with E-state index in [1.54, 1.807) is 0 Å². The van der Waals surface area contributed by atoms with Gasteiger partial charge in [-0.25, -0.2) is 0 Å². The molecule has 10 aromatic rings. The van der Waals surface area contributed by atoms with Crippen LogP contribution < -0.4 is 0 Å². The van der Waals surface area contributed by atoms with Crippen molar-refractivity contribution in [2.45, 2.75) is 19.3 Å². The van der Waals surface area contributed by atoms with Crippen LogP contribution in [0.2, 0.25) is 0 Å². The van der Waals surface area contributed by atoms with Gasteiger partial charge >= 0.3 is 0 Å². The van der Waals surface area contributed by atoms with Crippen LogP contribution in [-0.2, 0) is 5.41 Å². The van der Waals surface area contributed by atoms with Gasteiger partial charge in [-0.1, -0.05) is 153 Å². The van der Waals surface area contributed by atoms with Gasteiger partial charge in [0.05, 0.1) is 5.69 Å². The molecule has 2 heteroatoms. The number of aromatic nitrogens is 1. The third kappa shape index (κ3) is 4.60. The van der Waals surface area contributed by atoms with Gasteiger partial charge < -0.3 is 0 Å². The molecule has 254 valence electrons. The highest BCUT2D eigenvalue weighted by Gasteiger charge is 2.36. The predicted molar refractivity (Wildman–Crippen MR) is 231 cm³/mol. The van der Waals surface area contributed by atoms with Crippen LogP contribution in [0.3, 0.4) is 0 Å². The Bertz CT molecular complexity index is 3100. The van der Waals surface area contributed by atoms with Crippen molar-refractivity contribution in [2.75, 3.05) is 0 Å². The highest BCUT2D eigenvalue weighted by Crippen LogP contribution is 2.53. The summed E-state index contributed by atoms with van der Waals surface area (Å²) in [7, 11) is 0. The maximum absolute atomic E-state index is 4.62. The number of hydrogen-bond donors (Lipinski definition) is 0. The SMILES string of the molecule is CC1(C)c2ccccc2-c2cc3c(-c4ccc(-c5cccc6c5sc5ccccc56)cc4)c4ccccc4c(-c4ccc(-c5ccccn5)cc4)c3cc21. The molecule has 2 heterocycles. The van der Waals surface area contributed by atoms with E-state index in [9.17, 15) is 0 Å². The van der Waals surface area contributed by atoms with Crippen molar-refractivity contribution in [3.63, 3.8) is 0 Å². The minimum atomic E-state index is -0.110. The van der Waals surface area contributed by atoms with Gasteiger partial charge in [-0.05, 0) is 108 Å². The predicted octanol–water partition coefficient (Wildman–Crippen LogP) is 14.7. The number of fused-ring (bicyclic) bond motifs is 8. The van der Waals surface area contributed by atoms with Crippen LogP contribution in [0.25, 0.3) is 97.5 Å². The van der Waals surface area contributed by atoms with Crippen LogP contribution in [0.1, 0.15) is 25.0 Å². The van der Waals surface area contributed by atoms with Crippen LogP contribution in [0.15, 0.2) is 176 Å². The second-order valence-corrected chi connectivity index (χ2v) is 16.1. The number of pyridine rings is 1. The van der Waals surface area contributed by atoms with Crippen LogP contribution in [0, 0.1) is 0 Å². The van der Waals surface area contributed by atoms with Crippen molar-refractivity contribution in [3.8, 4) is 55.8 Å². The minimum Gasteiger partial charge on any atom is -0.256 e. The molecule has 0 unspecified atom stereocenters. The van der Waals surface area contributed by atoms with Crippen LogP contribution in [0.5, 0.6) is 0 Å². The lowest BCUT2D eigenvalue weighted by molar-refractivity contribution is 0.661. The molecule has 0 fully saturated rings. The summed E-state index contributed by atoms with van der Waals surface area (Å²) < 4.78 is 2.68. The fourth-order valence-electron chi connectivity index (χ4n) is 9.12. The Kier molecular flexibility index (Phi) is 6.84. The fraction of sp³-hybridized carbons (Fsp3) is 0.0577. The first-order valence-corrected chi connectivity index (χ1v) is 19.5. The van der Waals surface area contributed by atoms with E-state index in [1.165, 1.54) is 97.4 Å². The molecule has 1 nitrogen and oxygen atoms in total. The van der Waals surface area contributed by atoms with E-state index >= 15 is 0 Å². The molecule has 54 heavy (non-hydrogen) atoms. The standard InChI is InChI=1S/C52H35NS/c1-52(2)45-18-7-5-12-37(45)42-30-43-44(31-46(42)52)50(35-27-23-33(24-28-35)47-19-9-10-29-53-47)40-15-4-3-14-39(40)49(43)34-25-21-32(22-26-34)36-16-11-17-41-38-13-6-8-20-48(38)54-51(36)41/h3-31H,1-2H3. The Morgan fingerprint density at radius 1 is 0.407 bits per heavy atom. The molecule has 8 aromatic carbocycles. The van der Waals surface area contributed by atoms with Crippen molar-refractivity contribution in [1.29, 1.82) is 0 Å². The molecule has 0 radical (unpaired) electrons.